The van der Waals surface area contributed by atoms with Gasteiger partial charge in [-0.25, -0.2) is 13.9 Å². The molecule has 0 saturated carbocycles. The number of aromatic nitrogens is 6. The molecule has 1 amide bonds. The molecule has 0 aliphatic carbocycles. The van der Waals surface area contributed by atoms with Crippen molar-refractivity contribution in [1.29, 1.82) is 0 Å². The summed E-state index contributed by atoms with van der Waals surface area (Å²) in [6, 6.07) is 3.69. The molecule has 10 nitrogen and oxygen atoms in total. The smallest absolute Gasteiger partial charge is 0.387 e. The van der Waals surface area contributed by atoms with Crippen molar-refractivity contribution in [3.63, 3.8) is 0 Å². The minimum Gasteiger partial charge on any atom is -0.433 e. The lowest BCUT2D eigenvalue weighted by molar-refractivity contribution is -0.0490. The van der Waals surface area contributed by atoms with Gasteiger partial charge in [0.2, 0.25) is 0 Å². The number of nitrogens with one attached hydrogen (secondary N) is 1. The Bertz CT molecular complexity index is 1320. The molecule has 1 aliphatic heterocycles. The molecule has 1 N–H and O–H groups in total. The topological polar surface area (TPSA) is 114 Å². The maximum Gasteiger partial charge on any atom is 0.387 e. The van der Waals surface area contributed by atoms with E-state index < -0.39 is 24.2 Å². The first kappa shape index (κ1) is 21.0. The molecule has 0 saturated heterocycles. The number of alkyl halides is 3. The molecule has 172 valence electrons. The molecule has 0 fully saturated rings. The molecule has 1 unspecified atom stereocenters. The van der Waals surface area contributed by atoms with E-state index in [0.717, 1.165) is 5.69 Å². The third-order valence-corrected chi connectivity index (χ3v) is 5.28. The molecule has 0 radical (unpaired) electrons. The lowest BCUT2D eigenvalue weighted by atomic mass is 9.99. The van der Waals surface area contributed by atoms with Crippen molar-refractivity contribution in [2.24, 2.45) is 0 Å². The van der Waals surface area contributed by atoms with Gasteiger partial charge in [-0.2, -0.15) is 13.9 Å². The molecular weight excluding hydrogens is 443 g/mol. The normalized spacial score (nSPS) is 16.4. The fourth-order valence-corrected chi connectivity index (χ4v) is 3.81. The van der Waals surface area contributed by atoms with Gasteiger partial charge in [0.15, 0.2) is 11.4 Å². The summed E-state index contributed by atoms with van der Waals surface area (Å²) in [4.78, 5) is 22.1. The van der Waals surface area contributed by atoms with Crippen molar-refractivity contribution in [3.05, 3.63) is 59.6 Å². The van der Waals surface area contributed by atoms with Gasteiger partial charge in [-0.15, -0.1) is 10.2 Å². The number of carbonyl (C=O) groups is 1. The number of aromatic amines is 1. The van der Waals surface area contributed by atoms with Crippen LogP contribution >= 0.6 is 0 Å². The summed E-state index contributed by atoms with van der Waals surface area (Å²) in [5.74, 6) is -1.38. The molecule has 0 bridgehead atoms. The standard InChI is InChI=1S/C20H18F3N7O3/c1-20(2,23)18-27-26-16(33-18)17(31)29-7-5-10-14(25-9-24-10)15(29)11-8-12-13(32-19(21)22)4-3-6-30(12)28-11/h3-4,6,8-9,15,19H,5,7H2,1-2H3,(H,24,25). The molecule has 0 aromatic carbocycles. The van der Waals surface area contributed by atoms with E-state index in [1.807, 2.05) is 0 Å². The number of halogens is 3. The average molecular weight is 461 g/mol. The van der Waals surface area contributed by atoms with Gasteiger partial charge >= 0.3 is 18.4 Å². The van der Waals surface area contributed by atoms with E-state index in [4.69, 9.17) is 4.42 Å². The number of nitrogens with zero attached hydrogens (tertiary/aromatic N) is 6. The monoisotopic (exact) mass is 461 g/mol. The SMILES string of the molecule is CC(C)(F)c1nnc(C(=O)N2CCc3[nH]cnc3C2c2cc3c(OC(F)F)cccn3n2)o1. The van der Waals surface area contributed by atoms with Crippen LogP contribution in [0.5, 0.6) is 5.75 Å². The lowest BCUT2D eigenvalue weighted by Gasteiger charge is -2.32. The fraction of sp³-hybridized carbons (Fsp3) is 0.350. The Kier molecular flexibility index (Phi) is 4.83. The second-order valence-corrected chi connectivity index (χ2v) is 7.95. The summed E-state index contributed by atoms with van der Waals surface area (Å²) >= 11 is 0. The Morgan fingerprint density at radius 2 is 2.18 bits per heavy atom. The van der Waals surface area contributed by atoms with Crippen molar-refractivity contribution >= 4 is 11.4 Å². The van der Waals surface area contributed by atoms with Crippen molar-refractivity contribution in [3.8, 4) is 5.75 Å². The largest absolute Gasteiger partial charge is 0.433 e. The highest BCUT2D eigenvalue weighted by molar-refractivity contribution is 5.90. The van der Waals surface area contributed by atoms with Crippen LogP contribution in [0.3, 0.4) is 0 Å². The van der Waals surface area contributed by atoms with Crippen LogP contribution in [0, 0.1) is 0 Å². The predicted molar refractivity (Wildman–Crippen MR) is 105 cm³/mol. The lowest BCUT2D eigenvalue weighted by Crippen LogP contribution is -2.41. The van der Waals surface area contributed by atoms with Crippen LogP contribution in [0.15, 0.2) is 35.1 Å². The number of hydrogen-bond acceptors (Lipinski definition) is 7. The maximum absolute atomic E-state index is 14.2. The number of hydrogen-bond donors (Lipinski definition) is 1. The highest BCUT2D eigenvalue weighted by Crippen LogP contribution is 2.36. The van der Waals surface area contributed by atoms with Gasteiger partial charge < -0.3 is 19.0 Å². The Labute approximate surface area is 184 Å². The van der Waals surface area contributed by atoms with Crippen molar-refractivity contribution in [2.75, 3.05) is 6.54 Å². The molecule has 13 heteroatoms. The second kappa shape index (κ2) is 7.60. The van der Waals surface area contributed by atoms with Gasteiger partial charge in [-0.1, -0.05) is 0 Å². The molecule has 4 aromatic heterocycles. The van der Waals surface area contributed by atoms with Gasteiger partial charge in [-0.05, 0) is 32.0 Å². The van der Waals surface area contributed by atoms with Crippen LogP contribution in [-0.4, -0.2) is 53.7 Å². The minimum atomic E-state index is -3.01. The Morgan fingerprint density at radius 3 is 2.91 bits per heavy atom. The first-order chi connectivity index (χ1) is 15.7. The van der Waals surface area contributed by atoms with Gasteiger partial charge in [-0.3, -0.25) is 4.79 Å². The first-order valence-corrected chi connectivity index (χ1v) is 10.0. The van der Waals surface area contributed by atoms with Crippen molar-refractivity contribution in [1.82, 2.24) is 34.7 Å². The summed E-state index contributed by atoms with van der Waals surface area (Å²) in [6.07, 6.45) is 3.55. The molecular formula is C20H18F3N7O3. The number of H-pyrrole nitrogens is 1. The van der Waals surface area contributed by atoms with E-state index in [9.17, 15) is 18.0 Å². The van der Waals surface area contributed by atoms with Crippen LogP contribution in [0.2, 0.25) is 0 Å². The Hall–Kier alpha value is -3.90. The Balaban J connectivity index is 1.57. The van der Waals surface area contributed by atoms with E-state index in [1.54, 1.807) is 12.3 Å². The minimum absolute atomic E-state index is 0.0612. The number of imidazole rings is 1. The quantitative estimate of drug-likeness (QED) is 0.486. The number of rotatable bonds is 5. The molecule has 1 aliphatic rings. The molecule has 5 heterocycles. The van der Waals surface area contributed by atoms with Gasteiger partial charge in [0.05, 0.1) is 17.7 Å². The molecule has 5 rings (SSSR count). The van der Waals surface area contributed by atoms with Crippen LogP contribution in [0.1, 0.15) is 53.5 Å². The average Bonchev–Trinajstić information content (AvgIpc) is 3.50. The maximum atomic E-state index is 14.2. The zero-order chi connectivity index (χ0) is 23.3. The van der Waals surface area contributed by atoms with Crippen molar-refractivity contribution in [2.45, 2.75) is 38.6 Å². The van der Waals surface area contributed by atoms with Gasteiger partial charge in [0.1, 0.15) is 11.6 Å². The summed E-state index contributed by atoms with van der Waals surface area (Å²) < 4.78 is 51.1. The van der Waals surface area contributed by atoms with Crippen LogP contribution in [0.4, 0.5) is 13.2 Å². The zero-order valence-electron chi connectivity index (χ0n) is 17.5. The summed E-state index contributed by atoms with van der Waals surface area (Å²) in [7, 11) is 0. The number of pyridine rings is 1. The van der Waals surface area contributed by atoms with E-state index in [1.165, 1.54) is 41.7 Å². The fourth-order valence-electron chi connectivity index (χ4n) is 3.81. The zero-order valence-corrected chi connectivity index (χ0v) is 17.5. The number of ether oxygens (including phenoxy) is 1. The van der Waals surface area contributed by atoms with Crippen LogP contribution in [-0.2, 0) is 12.1 Å². The van der Waals surface area contributed by atoms with Crippen molar-refractivity contribution < 1.29 is 27.1 Å². The molecule has 4 aromatic rings. The molecule has 33 heavy (non-hydrogen) atoms. The number of fused-ring (bicyclic) bond motifs is 2. The Morgan fingerprint density at radius 1 is 1.36 bits per heavy atom. The predicted octanol–water partition coefficient (Wildman–Crippen LogP) is 3.03. The number of amides is 1. The van der Waals surface area contributed by atoms with E-state index in [-0.39, 0.29) is 24.1 Å². The van der Waals surface area contributed by atoms with E-state index in [2.05, 4.69) is 30.0 Å². The van der Waals surface area contributed by atoms with E-state index in [0.29, 0.717) is 23.3 Å². The number of carbonyl (C=O) groups excluding carboxylic acids is 1. The molecule has 1 atom stereocenters. The molecule has 0 spiro atoms. The second-order valence-electron chi connectivity index (χ2n) is 7.95. The first-order valence-electron chi connectivity index (χ1n) is 10.0. The summed E-state index contributed by atoms with van der Waals surface area (Å²) in [6.45, 7) is -0.273. The summed E-state index contributed by atoms with van der Waals surface area (Å²) in [5, 5.41) is 11.8. The highest BCUT2D eigenvalue weighted by atomic mass is 19.3. The third kappa shape index (κ3) is 3.68. The summed E-state index contributed by atoms with van der Waals surface area (Å²) in [5.41, 5.74) is 0.0980. The third-order valence-electron chi connectivity index (χ3n) is 5.28. The van der Waals surface area contributed by atoms with Gasteiger partial charge in [0, 0.05) is 24.9 Å². The van der Waals surface area contributed by atoms with Gasteiger partial charge in [0.25, 0.3) is 5.89 Å². The van der Waals surface area contributed by atoms with Crippen LogP contribution in [0.25, 0.3) is 5.52 Å². The van der Waals surface area contributed by atoms with E-state index >= 15 is 0 Å². The van der Waals surface area contributed by atoms with Crippen LogP contribution < -0.4 is 4.74 Å². The highest BCUT2D eigenvalue weighted by Gasteiger charge is 2.39.